The first-order valence-corrected chi connectivity index (χ1v) is 7.69. The van der Waals surface area contributed by atoms with Gasteiger partial charge in [0, 0.05) is 20.1 Å². The molecule has 0 aliphatic rings. The molecule has 10 heteroatoms. The maximum atomic E-state index is 13.3. The van der Waals surface area contributed by atoms with Crippen LogP contribution in [-0.2, 0) is 10.0 Å². The minimum atomic E-state index is -3.35. The lowest BCUT2D eigenvalue weighted by molar-refractivity contribution is 0.410. The summed E-state index contributed by atoms with van der Waals surface area (Å²) < 4.78 is 76.2. The molecule has 1 heterocycles. The average Bonchev–Trinajstić information content (AvgIpc) is 2.44. The molecule has 0 aliphatic heterocycles. The third-order valence-electron chi connectivity index (χ3n) is 2.79. The first kappa shape index (κ1) is 17.6. The maximum Gasteiger partial charge on any atom is 0.253 e. The fourth-order valence-corrected chi connectivity index (χ4v) is 2.36. The Morgan fingerprint density at radius 1 is 1.14 bits per heavy atom. The van der Waals surface area contributed by atoms with E-state index < -0.39 is 39.2 Å². The van der Waals surface area contributed by atoms with Crippen LogP contribution in [0.4, 0.5) is 23.2 Å². The zero-order valence-corrected chi connectivity index (χ0v) is 12.3. The van der Waals surface area contributed by atoms with Crippen LogP contribution in [0.3, 0.4) is 0 Å². The quantitative estimate of drug-likeness (QED) is 0.470. The third-order valence-corrected chi connectivity index (χ3v) is 4.65. The van der Waals surface area contributed by atoms with Crippen molar-refractivity contribution in [3.05, 3.63) is 23.5 Å². The molecule has 0 aliphatic carbocycles. The van der Waals surface area contributed by atoms with Crippen molar-refractivity contribution in [3.8, 4) is 0 Å². The van der Waals surface area contributed by atoms with Gasteiger partial charge in [-0.2, -0.15) is 22.5 Å². The zero-order valence-electron chi connectivity index (χ0n) is 11.5. The van der Waals surface area contributed by atoms with Crippen molar-refractivity contribution >= 4 is 15.7 Å². The Morgan fingerprint density at radius 2 is 1.67 bits per heavy atom. The maximum absolute atomic E-state index is 13.3. The molecule has 21 heavy (non-hydrogen) atoms. The predicted molar refractivity (Wildman–Crippen MR) is 69.3 cm³/mol. The van der Waals surface area contributed by atoms with Gasteiger partial charge in [0.15, 0.2) is 0 Å². The Kier molecular flexibility index (Phi) is 5.90. The molecule has 1 aromatic rings. The number of halogens is 4. The highest BCUT2D eigenvalue weighted by Crippen LogP contribution is 2.21. The number of aromatic nitrogens is 1. The molecular weight excluding hydrogens is 314 g/mol. The molecule has 0 radical (unpaired) electrons. The normalized spacial score (nSPS) is 12.0. The number of hydrogen-bond donors (Lipinski definition) is 1. The standard InChI is InChI=1S/C11H15F4N3O2S/c1-3-21(19,20)18(2)6-4-5-16-9-7(12)10(14)17-11(15)8(9)13/h3-6H2,1-2H3,(H,16,17). The number of pyridine rings is 1. The summed E-state index contributed by atoms with van der Waals surface area (Å²) in [6.45, 7) is 1.51. The summed E-state index contributed by atoms with van der Waals surface area (Å²) in [5.74, 6) is -6.81. The fourth-order valence-electron chi connectivity index (χ4n) is 1.52. The molecule has 1 aromatic heterocycles. The topological polar surface area (TPSA) is 62.3 Å². The molecule has 0 atom stereocenters. The van der Waals surface area contributed by atoms with Crippen molar-refractivity contribution in [2.45, 2.75) is 13.3 Å². The van der Waals surface area contributed by atoms with Crippen molar-refractivity contribution in [3.63, 3.8) is 0 Å². The van der Waals surface area contributed by atoms with Gasteiger partial charge >= 0.3 is 0 Å². The second-order valence-corrected chi connectivity index (χ2v) is 6.56. The summed E-state index contributed by atoms with van der Waals surface area (Å²) in [5.41, 5.74) is -0.957. The zero-order chi connectivity index (χ0) is 16.2. The summed E-state index contributed by atoms with van der Waals surface area (Å²) >= 11 is 0. The van der Waals surface area contributed by atoms with Crippen LogP contribution < -0.4 is 5.32 Å². The largest absolute Gasteiger partial charge is 0.380 e. The van der Waals surface area contributed by atoms with Gasteiger partial charge < -0.3 is 5.32 Å². The van der Waals surface area contributed by atoms with Crippen molar-refractivity contribution in [2.75, 3.05) is 31.2 Å². The summed E-state index contributed by atoms with van der Waals surface area (Å²) in [4.78, 5) is 2.42. The summed E-state index contributed by atoms with van der Waals surface area (Å²) in [5, 5.41) is 2.20. The van der Waals surface area contributed by atoms with E-state index in [0.29, 0.717) is 0 Å². The lowest BCUT2D eigenvalue weighted by Gasteiger charge is -2.16. The van der Waals surface area contributed by atoms with Crippen LogP contribution in [0.5, 0.6) is 0 Å². The highest BCUT2D eigenvalue weighted by atomic mass is 32.2. The first-order chi connectivity index (χ1) is 9.70. The van der Waals surface area contributed by atoms with Gasteiger partial charge in [-0.15, -0.1) is 0 Å². The van der Waals surface area contributed by atoms with Gasteiger partial charge in [-0.3, -0.25) is 0 Å². The van der Waals surface area contributed by atoms with Gasteiger partial charge in [0.1, 0.15) is 5.69 Å². The van der Waals surface area contributed by atoms with E-state index in [1.165, 1.54) is 14.0 Å². The molecule has 1 rings (SSSR count). The van der Waals surface area contributed by atoms with Crippen LogP contribution in [0.15, 0.2) is 0 Å². The lowest BCUT2D eigenvalue weighted by Crippen LogP contribution is -2.30. The van der Waals surface area contributed by atoms with E-state index in [2.05, 4.69) is 10.3 Å². The lowest BCUT2D eigenvalue weighted by atomic mass is 10.3. The second kappa shape index (κ2) is 7.03. The number of sulfonamides is 1. The van der Waals surface area contributed by atoms with E-state index in [-0.39, 0.29) is 25.3 Å². The minimum Gasteiger partial charge on any atom is -0.380 e. The van der Waals surface area contributed by atoms with Crippen molar-refractivity contribution in [1.82, 2.24) is 9.29 Å². The number of nitrogens with zero attached hydrogens (tertiary/aromatic N) is 2. The van der Waals surface area contributed by atoms with E-state index in [4.69, 9.17) is 0 Å². The minimum absolute atomic E-state index is 0.0685. The first-order valence-electron chi connectivity index (χ1n) is 6.08. The number of anilines is 1. The van der Waals surface area contributed by atoms with Crippen LogP contribution in [0.25, 0.3) is 0 Å². The molecule has 1 N–H and O–H groups in total. The Labute approximate surface area is 120 Å². The van der Waals surface area contributed by atoms with E-state index in [1.54, 1.807) is 0 Å². The predicted octanol–water partition coefficient (Wildman–Crippen LogP) is 1.72. The van der Waals surface area contributed by atoms with Gasteiger partial charge in [0.2, 0.25) is 21.7 Å². The Balaban J connectivity index is 2.62. The van der Waals surface area contributed by atoms with Crippen molar-refractivity contribution in [1.29, 1.82) is 0 Å². The molecule has 120 valence electrons. The monoisotopic (exact) mass is 329 g/mol. The molecule has 0 bridgehead atoms. The van der Waals surface area contributed by atoms with Crippen LogP contribution in [-0.4, -0.2) is 43.6 Å². The van der Waals surface area contributed by atoms with E-state index in [1.807, 2.05) is 0 Å². The van der Waals surface area contributed by atoms with Gasteiger partial charge in [0.25, 0.3) is 11.9 Å². The molecule has 0 fully saturated rings. The molecule has 0 saturated carbocycles. The summed E-state index contributed by atoms with van der Waals surface area (Å²) in [6.07, 6.45) is 0.195. The molecule has 0 unspecified atom stereocenters. The van der Waals surface area contributed by atoms with Crippen LogP contribution in [0.1, 0.15) is 13.3 Å². The summed E-state index contributed by atoms with van der Waals surface area (Å²) in [7, 11) is -1.98. The van der Waals surface area contributed by atoms with Gasteiger partial charge in [0.05, 0.1) is 5.75 Å². The SMILES string of the molecule is CCS(=O)(=O)N(C)CCCNc1c(F)c(F)nc(F)c1F. The number of rotatable bonds is 7. The van der Waals surface area contributed by atoms with Crippen LogP contribution in [0, 0.1) is 23.5 Å². The molecule has 0 amide bonds. The molecule has 0 saturated heterocycles. The number of hydrogen-bond acceptors (Lipinski definition) is 4. The summed E-state index contributed by atoms with van der Waals surface area (Å²) in [6, 6.07) is 0. The van der Waals surface area contributed by atoms with Crippen LogP contribution in [0.2, 0.25) is 0 Å². The van der Waals surface area contributed by atoms with E-state index in [9.17, 15) is 26.0 Å². The van der Waals surface area contributed by atoms with Gasteiger partial charge in [-0.05, 0) is 13.3 Å². The number of nitrogens with one attached hydrogen (secondary N) is 1. The fraction of sp³-hybridized carbons (Fsp3) is 0.545. The molecule has 0 spiro atoms. The van der Waals surface area contributed by atoms with Crippen LogP contribution >= 0.6 is 0 Å². The van der Waals surface area contributed by atoms with Crippen molar-refractivity contribution in [2.24, 2.45) is 0 Å². The Bertz CT molecular complexity index is 584. The molecule has 0 aromatic carbocycles. The highest BCUT2D eigenvalue weighted by Gasteiger charge is 2.20. The highest BCUT2D eigenvalue weighted by molar-refractivity contribution is 7.89. The third kappa shape index (κ3) is 4.27. The van der Waals surface area contributed by atoms with Gasteiger partial charge in [-0.1, -0.05) is 0 Å². The second-order valence-electron chi connectivity index (χ2n) is 4.20. The van der Waals surface area contributed by atoms with E-state index >= 15 is 0 Å². The van der Waals surface area contributed by atoms with E-state index in [0.717, 1.165) is 4.31 Å². The molecular formula is C11H15F4N3O2S. The Morgan fingerprint density at radius 3 is 2.14 bits per heavy atom. The smallest absolute Gasteiger partial charge is 0.253 e. The van der Waals surface area contributed by atoms with Crippen molar-refractivity contribution < 1.29 is 26.0 Å². The van der Waals surface area contributed by atoms with Gasteiger partial charge in [-0.25, -0.2) is 12.7 Å². The Hall–Kier alpha value is -1.42. The average molecular weight is 329 g/mol. The molecule has 5 nitrogen and oxygen atoms in total.